The minimum Gasteiger partial charge on any atom is -0.399 e. The molecule has 0 aliphatic rings. The van der Waals surface area contributed by atoms with Crippen molar-refractivity contribution in [1.82, 2.24) is 0 Å². The summed E-state index contributed by atoms with van der Waals surface area (Å²) < 4.78 is 38.9. The van der Waals surface area contributed by atoms with Crippen molar-refractivity contribution in [3.63, 3.8) is 0 Å². The summed E-state index contributed by atoms with van der Waals surface area (Å²) in [6, 6.07) is 13.9. The van der Waals surface area contributed by atoms with Crippen LogP contribution < -0.4 is 22.1 Å². The molecular weight excluding hydrogens is 409 g/mol. The second-order valence-electron chi connectivity index (χ2n) is 6.86. The van der Waals surface area contributed by atoms with Gasteiger partial charge < -0.3 is 22.1 Å². The molecule has 3 aromatic carbocycles. The molecule has 0 spiro atoms. The zero-order chi connectivity index (χ0) is 22.8. The van der Waals surface area contributed by atoms with E-state index in [1.165, 1.54) is 30.3 Å². The van der Waals surface area contributed by atoms with E-state index in [9.17, 15) is 22.8 Å². The van der Waals surface area contributed by atoms with E-state index < -0.39 is 23.3 Å². The normalized spacial score (nSPS) is 11.1. The van der Waals surface area contributed by atoms with Crippen LogP contribution in [0.15, 0.2) is 60.7 Å². The number of carbonyl (C=O) groups excluding carboxylic acids is 2. The number of carbonyl (C=O) groups is 2. The quantitative estimate of drug-likeness (QED) is 0.452. The van der Waals surface area contributed by atoms with Crippen LogP contribution >= 0.6 is 0 Å². The molecule has 0 aliphatic heterocycles. The SMILES string of the molecule is Cc1cc(NC(=O)c2ccc(C(=O)Nc3ccc(N)c(C(F)(F)F)c3)cc2)ccc1N. The molecule has 6 nitrogen and oxygen atoms in total. The van der Waals surface area contributed by atoms with Crippen molar-refractivity contribution in [2.24, 2.45) is 0 Å². The molecule has 0 unspecified atom stereocenters. The monoisotopic (exact) mass is 428 g/mol. The molecule has 0 aromatic heterocycles. The van der Waals surface area contributed by atoms with E-state index in [2.05, 4.69) is 10.6 Å². The lowest BCUT2D eigenvalue weighted by Gasteiger charge is -2.12. The summed E-state index contributed by atoms with van der Waals surface area (Å²) in [6.07, 6.45) is -4.64. The second kappa shape index (κ2) is 8.39. The van der Waals surface area contributed by atoms with Crippen LogP contribution in [0.3, 0.4) is 0 Å². The van der Waals surface area contributed by atoms with Crippen molar-refractivity contribution in [2.75, 3.05) is 22.1 Å². The third-order valence-electron chi connectivity index (χ3n) is 4.55. The van der Waals surface area contributed by atoms with E-state index in [0.29, 0.717) is 16.9 Å². The Morgan fingerprint density at radius 1 is 0.742 bits per heavy atom. The molecule has 0 atom stereocenters. The average Bonchev–Trinajstić information content (AvgIpc) is 2.71. The van der Waals surface area contributed by atoms with Gasteiger partial charge in [-0.2, -0.15) is 13.2 Å². The molecule has 0 fully saturated rings. The van der Waals surface area contributed by atoms with Crippen LogP contribution in [0.1, 0.15) is 31.8 Å². The fourth-order valence-corrected chi connectivity index (χ4v) is 2.81. The molecular formula is C22H19F3N4O2. The van der Waals surface area contributed by atoms with Crippen LogP contribution in [0.25, 0.3) is 0 Å². The summed E-state index contributed by atoms with van der Waals surface area (Å²) in [6.45, 7) is 1.82. The highest BCUT2D eigenvalue weighted by Gasteiger charge is 2.33. The molecule has 9 heteroatoms. The number of aryl methyl sites for hydroxylation is 1. The van der Waals surface area contributed by atoms with Gasteiger partial charge in [0.05, 0.1) is 5.56 Å². The van der Waals surface area contributed by atoms with Crippen LogP contribution in [-0.2, 0) is 6.18 Å². The predicted octanol–water partition coefficient (Wildman–Crippen LogP) is 4.68. The summed E-state index contributed by atoms with van der Waals surface area (Å²) in [5, 5.41) is 5.12. The van der Waals surface area contributed by atoms with Gasteiger partial charge in [-0.3, -0.25) is 9.59 Å². The molecule has 3 rings (SSSR count). The Bertz CT molecular complexity index is 1140. The van der Waals surface area contributed by atoms with Crippen LogP contribution in [0, 0.1) is 6.92 Å². The number of amides is 2. The maximum absolute atomic E-state index is 13.0. The summed E-state index contributed by atoms with van der Waals surface area (Å²) in [5.41, 5.74) is 12.1. The van der Waals surface area contributed by atoms with Crippen molar-refractivity contribution in [1.29, 1.82) is 0 Å². The molecule has 2 amide bonds. The van der Waals surface area contributed by atoms with Crippen LogP contribution in [0.5, 0.6) is 0 Å². The van der Waals surface area contributed by atoms with Crippen molar-refractivity contribution < 1.29 is 22.8 Å². The molecule has 0 aliphatic carbocycles. The summed E-state index contributed by atoms with van der Waals surface area (Å²) in [4.78, 5) is 24.8. The number of nitrogens with two attached hydrogens (primary N) is 2. The van der Waals surface area contributed by atoms with Gasteiger partial charge in [0.2, 0.25) is 0 Å². The first-order valence-corrected chi connectivity index (χ1v) is 9.10. The largest absolute Gasteiger partial charge is 0.418 e. The van der Waals surface area contributed by atoms with Gasteiger partial charge in [-0.25, -0.2) is 0 Å². The number of hydrogen-bond donors (Lipinski definition) is 4. The van der Waals surface area contributed by atoms with E-state index in [1.807, 2.05) is 6.92 Å². The van der Waals surface area contributed by atoms with E-state index in [0.717, 1.165) is 17.7 Å². The highest BCUT2D eigenvalue weighted by Crippen LogP contribution is 2.35. The number of hydrogen-bond acceptors (Lipinski definition) is 4. The van der Waals surface area contributed by atoms with Gasteiger partial charge in [-0.1, -0.05) is 0 Å². The fraction of sp³-hybridized carbons (Fsp3) is 0.0909. The maximum atomic E-state index is 13.0. The van der Waals surface area contributed by atoms with Gasteiger partial charge in [0, 0.05) is 33.9 Å². The highest BCUT2D eigenvalue weighted by molar-refractivity contribution is 6.07. The number of rotatable bonds is 4. The lowest BCUT2D eigenvalue weighted by molar-refractivity contribution is -0.136. The van der Waals surface area contributed by atoms with Gasteiger partial charge in [-0.15, -0.1) is 0 Å². The van der Waals surface area contributed by atoms with Crippen molar-refractivity contribution in [3.8, 4) is 0 Å². The first-order valence-electron chi connectivity index (χ1n) is 9.10. The van der Waals surface area contributed by atoms with Gasteiger partial charge in [-0.05, 0) is 73.2 Å². The molecule has 0 saturated carbocycles. The second-order valence-corrected chi connectivity index (χ2v) is 6.86. The highest BCUT2D eigenvalue weighted by atomic mass is 19.4. The van der Waals surface area contributed by atoms with E-state index in [-0.39, 0.29) is 17.2 Å². The molecule has 0 bridgehead atoms. The zero-order valence-corrected chi connectivity index (χ0v) is 16.4. The first kappa shape index (κ1) is 21.7. The Morgan fingerprint density at radius 3 is 1.65 bits per heavy atom. The van der Waals surface area contributed by atoms with Crippen molar-refractivity contribution >= 4 is 34.6 Å². The van der Waals surface area contributed by atoms with Gasteiger partial charge in [0.25, 0.3) is 11.8 Å². The number of halogens is 3. The molecule has 0 saturated heterocycles. The van der Waals surface area contributed by atoms with Crippen LogP contribution in [0.2, 0.25) is 0 Å². The van der Waals surface area contributed by atoms with Gasteiger partial charge >= 0.3 is 6.18 Å². The molecule has 31 heavy (non-hydrogen) atoms. The Kier molecular flexibility index (Phi) is 5.87. The minimum absolute atomic E-state index is 0.0490. The number of anilines is 4. The number of alkyl halides is 3. The predicted molar refractivity (Wildman–Crippen MR) is 114 cm³/mol. The Morgan fingerprint density at radius 2 is 1.19 bits per heavy atom. The van der Waals surface area contributed by atoms with Crippen molar-refractivity contribution in [2.45, 2.75) is 13.1 Å². The molecule has 160 valence electrons. The molecule has 0 heterocycles. The third-order valence-corrected chi connectivity index (χ3v) is 4.55. The number of nitrogens with one attached hydrogen (secondary N) is 2. The molecule has 0 radical (unpaired) electrons. The topological polar surface area (TPSA) is 110 Å². The maximum Gasteiger partial charge on any atom is 0.418 e. The molecule has 6 N–H and O–H groups in total. The fourth-order valence-electron chi connectivity index (χ4n) is 2.81. The smallest absolute Gasteiger partial charge is 0.399 e. The number of nitrogen functional groups attached to an aromatic ring is 2. The standard InChI is InChI=1S/C22H19F3N4O2/c1-12-10-15(6-8-18(12)26)28-20(30)13-2-4-14(5-3-13)21(31)29-16-7-9-19(27)17(11-16)22(23,24)25/h2-11H,26-27H2,1H3,(H,28,30)(H,29,31). The van der Waals surface area contributed by atoms with Gasteiger partial charge in [0.1, 0.15) is 0 Å². The van der Waals surface area contributed by atoms with E-state index in [4.69, 9.17) is 11.5 Å². The summed E-state index contributed by atoms with van der Waals surface area (Å²) in [7, 11) is 0. The Labute approximate surface area is 176 Å². The van der Waals surface area contributed by atoms with Crippen LogP contribution in [-0.4, -0.2) is 11.8 Å². The van der Waals surface area contributed by atoms with Gasteiger partial charge in [0.15, 0.2) is 0 Å². The molecule has 3 aromatic rings. The van der Waals surface area contributed by atoms with Crippen molar-refractivity contribution in [3.05, 3.63) is 82.9 Å². The average molecular weight is 428 g/mol. The lowest BCUT2D eigenvalue weighted by atomic mass is 10.1. The summed E-state index contributed by atoms with van der Waals surface area (Å²) in [5.74, 6) is -1.01. The van der Waals surface area contributed by atoms with E-state index in [1.54, 1.807) is 18.2 Å². The number of benzene rings is 3. The first-order chi connectivity index (χ1) is 14.5. The Hall–Kier alpha value is -4.01. The minimum atomic E-state index is -4.64. The summed E-state index contributed by atoms with van der Waals surface area (Å²) >= 11 is 0. The third kappa shape index (κ3) is 5.13. The Balaban J connectivity index is 1.70. The zero-order valence-electron chi connectivity index (χ0n) is 16.4. The lowest BCUT2D eigenvalue weighted by Crippen LogP contribution is -2.15. The van der Waals surface area contributed by atoms with Crippen LogP contribution in [0.4, 0.5) is 35.9 Å². The van der Waals surface area contributed by atoms with E-state index >= 15 is 0 Å².